The molecule has 0 bridgehead atoms. The molecule has 0 aliphatic carbocycles. The van der Waals surface area contributed by atoms with Gasteiger partial charge in [0, 0.05) is 22.3 Å². The zero-order chi connectivity index (χ0) is 12.3. The summed E-state index contributed by atoms with van der Waals surface area (Å²) in [5.41, 5.74) is 7.24. The minimum atomic E-state index is 0.383. The molecule has 0 radical (unpaired) electrons. The minimum Gasteiger partial charge on any atom is -0.399 e. The first-order valence-electron chi connectivity index (χ1n) is 5.01. The van der Waals surface area contributed by atoms with Crippen LogP contribution in [-0.4, -0.2) is 11.2 Å². The first kappa shape index (κ1) is 12.1. The highest BCUT2D eigenvalue weighted by Gasteiger charge is 2.00. The number of benzene rings is 1. The topological polar surface area (TPSA) is 50.9 Å². The van der Waals surface area contributed by atoms with E-state index in [1.807, 2.05) is 30.5 Å². The van der Waals surface area contributed by atoms with Gasteiger partial charge in [-0.25, -0.2) is 4.98 Å². The number of aromatic nitrogens is 1. The summed E-state index contributed by atoms with van der Waals surface area (Å²) in [4.78, 5) is 5.36. The lowest BCUT2D eigenvalue weighted by Crippen LogP contribution is -1.95. The van der Waals surface area contributed by atoms with Crippen LogP contribution in [0.1, 0.15) is 0 Å². The lowest BCUT2D eigenvalue weighted by Gasteiger charge is -2.07. The van der Waals surface area contributed by atoms with Crippen LogP contribution in [0.2, 0.25) is 5.15 Å². The third-order valence-corrected chi connectivity index (χ3v) is 3.12. The van der Waals surface area contributed by atoms with Crippen molar-refractivity contribution in [3.05, 3.63) is 41.6 Å². The smallest absolute Gasteiger partial charge is 0.134 e. The van der Waals surface area contributed by atoms with Crippen LogP contribution >= 0.6 is 23.4 Å². The van der Waals surface area contributed by atoms with Crippen molar-refractivity contribution in [1.82, 2.24) is 4.98 Å². The Balaban J connectivity index is 2.19. The van der Waals surface area contributed by atoms with Gasteiger partial charge in [0.15, 0.2) is 0 Å². The van der Waals surface area contributed by atoms with E-state index in [1.165, 1.54) is 4.90 Å². The summed E-state index contributed by atoms with van der Waals surface area (Å²) in [6.07, 6.45) is 2.04. The van der Waals surface area contributed by atoms with E-state index >= 15 is 0 Å². The molecule has 1 aromatic carbocycles. The molecule has 5 heteroatoms. The standard InChI is InChI=1S/C12H12ClN3S/c1-17-10-4-2-9(3-5-10)15-12-7-8(14)6-11(13)16-12/h2-7H,1H3,(H3,14,15,16). The number of anilines is 3. The highest BCUT2D eigenvalue weighted by atomic mass is 35.5. The zero-order valence-corrected chi connectivity index (χ0v) is 10.8. The van der Waals surface area contributed by atoms with Crippen molar-refractivity contribution >= 4 is 40.6 Å². The molecule has 0 saturated heterocycles. The fraction of sp³-hybridized carbons (Fsp3) is 0.0833. The Labute approximate surface area is 109 Å². The van der Waals surface area contributed by atoms with Crippen LogP contribution in [0, 0.1) is 0 Å². The molecule has 3 nitrogen and oxygen atoms in total. The number of nitrogen functional groups attached to an aromatic ring is 1. The van der Waals surface area contributed by atoms with Gasteiger partial charge in [-0.1, -0.05) is 11.6 Å². The molecule has 2 aromatic rings. The van der Waals surface area contributed by atoms with E-state index in [9.17, 15) is 0 Å². The molecule has 0 fully saturated rings. The van der Waals surface area contributed by atoms with Crippen molar-refractivity contribution in [3.8, 4) is 0 Å². The normalized spacial score (nSPS) is 10.2. The molecular formula is C12H12ClN3S. The SMILES string of the molecule is CSc1ccc(Nc2cc(N)cc(Cl)n2)cc1. The number of nitrogens with two attached hydrogens (primary N) is 1. The van der Waals surface area contributed by atoms with Gasteiger partial charge in [0.25, 0.3) is 0 Å². The molecular weight excluding hydrogens is 254 g/mol. The van der Waals surface area contributed by atoms with E-state index in [2.05, 4.69) is 10.3 Å². The van der Waals surface area contributed by atoms with Crippen molar-refractivity contribution in [2.24, 2.45) is 0 Å². The van der Waals surface area contributed by atoms with Crippen LogP contribution < -0.4 is 11.1 Å². The Bertz CT molecular complexity index is 493. The van der Waals surface area contributed by atoms with Crippen molar-refractivity contribution in [3.63, 3.8) is 0 Å². The number of thioether (sulfide) groups is 1. The fourth-order valence-corrected chi connectivity index (χ4v) is 2.03. The maximum absolute atomic E-state index is 5.83. The van der Waals surface area contributed by atoms with Gasteiger partial charge in [-0.3, -0.25) is 0 Å². The number of nitrogens with zero attached hydrogens (tertiary/aromatic N) is 1. The van der Waals surface area contributed by atoms with E-state index in [4.69, 9.17) is 17.3 Å². The summed E-state index contributed by atoms with van der Waals surface area (Å²) < 4.78 is 0. The van der Waals surface area contributed by atoms with Gasteiger partial charge in [-0.2, -0.15) is 0 Å². The number of halogens is 1. The van der Waals surface area contributed by atoms with Gasteiger partial charge in [0.2, 0.25) is 0 Å². The summed E-state index contributed by atoms with van der Waals surface area (Å²) in [6, 6.07) is 11.4. The Kier molecular flexibility index (Phi) is 3.76. The average molecular weight is 266 g/mol. The predicted octanol–water partition coefficient (Wildman–Crippen LogP) is 3.78. The maximum Gasteiger partial charge on any atom is 0.134 e. The molecule has 0 unspecified atom stereocenters. The van der Waals surface area contributed by atoms with Crippen LogP contribution in [0.4, 0.5) is 17.2 Å². The molecule has 1 heterocycles. The predicted molar refractivity (Wildman–Crippen MR) is 75.2 cm³/mol. The highest BCUT2D eigenvalue weighted by molar-refractivity contribution is 7.98. The van der Waals surface area contributed by atoms with Gasteiger partial charge in [-0.05, 0) is 36.6 Å². The van der Waals surface area contributed by atoms with E-state index in [0.29, 0.717) is 16.7 Å². The van der Waals surface area contributed by atoms with Crippen molar-refractivity contribution in [2.75, 3.05) is 17.3 Å². The van der Waals surface area contributed by atoms with Gasteiger partial charge >= 0.3 is 0 Å². The minimum absolute atomic E-state index is 0.383. The Morgan fingerprint density at radius 2 is 1.94 bits per heavy atom. The monoisotopic (exact) mass is 265 g/mol. The zero-order valence-electron chi connectivity index (χ0n) is 9.27. The average Bonchev–Trinajstić information content (AvgIpc) is 2.28. The molecule has 3 N–H and O–H groups in total. The molecule has 0 saturated carbocycles. The summed E-state index contributed by atoms with van der Waals surface area (Å²) in [5, 5.41) is 3.53. The molecule has 88 valence electrons. The summed E-state index contributed by atoms with van der Waals surface area (Å²) >= 11 is 7.53. The first-order chi connectivity index (χ1) is 8.17. The summed E-state index contributed by atoms with van der Waals surface area (Å²) in [6.45, 7) is 0. The lowest BCUT2D eigenvalue weighted by atomic mass is 10.3. The van der Waals surface area contributed by atoms with E-state index in [1.54, 1.807) is 23.9 Å². The molecule has 2 rings (SSSR count). The maximum atomic E-state index is 5.83. The molecule has 0 atom stereocenters. The van der Waals surface area contributed by atoms with E-state index < -0.39 is 0 Å². The van der Waals surface area contributed by atoms with Crippen molar-refractivity contribution < 1.29 is 0 Å². The second-order valence-electron chi connectivity index (χ2n) is 3.46. The lowest BCUT2D eigenvalue weighted by molar-refractivity contribution is 1.30. The van der Waals surface area contributed by atoms with Crippen LogP contribution in [0.15, 0.2) is 41.3 Å². The first-order valence-corrected chi connectivity index (χ1v) is 6.62. The third kappa shape index (κ3) is 3.28. The van der Waals surface area contributed by atoms with Crippen LogP contribution in [0.5, 0.6) is 0 Å². The Hall–Kier alpha value is -1.39. The molecule has 0 spiro atoms. The quantitative estimate of drug-likeness (QED) is 0.655. The Morgan fingerprint density at radius 3 is 2.53 bits per heavy atom. The van der Waals surface area contributed by atoms with Gasteiger partial charge in [0.1, 0.15) is 11.0 Å². The number of rotatable bonds is 3. The van der Waals surface area contributed by atoms with Crippen LogP contribution in [0.3, 0.4) is 0 Å². The molecule has 0 aliphatic heterocycles. The van der Waals surface area contributed by atoms with Gasteiger partial charge < -0.3 is 11.1 Å². The number of hydrogen-bond acceptors (Lipinski definition) is 4. The number of pyridine rings is 1. The summed E-state index contributed by atoms with van der Waals surface area (Å²) in [7, 11) is 0. The van der Waals surface area contributed by atoms with Crippen molar-refractivity contribution in [1.29, 1.82) is 0 Å². The van der Waals surface area contributed by atoms with Crippen LogP contribution in [-0.2, 0) is 0 Å². The number of hydrogen-bond donors (Lipinski definition) is 2. The van der Waals surface area contributed by atoms with Gasteiger partial charge in [-0.15, -0.1) is 11.8 Å². The molecule has 17 heavy (non-hydrogen) atoms. The second-order valence-corrected chi connectivity index (χ2v) is 4.73. The third-order valence-electron chi connectivity index (χ3n) is 2.18. The Morgan fingerprint density at radius 1 is 1.24 bits per heavy atom. The number of nitrogens with one attached hydrogen (secondary N) is 1. The van der Waals surface area contributed by atoms with E-state index in [-0.39, 0.29) is 0 Å². The van der Waals surface area contributed by atoms with Gasteiger partial charge in [0.05, 0.1) is 0 Å². The second kappa shape index (κ2) is 5.29. The largest absolute Gasteiger partial charge is 0.399 e. The summed E-state index contributed by atoms with van der Waals surface area (Å²) in [5.74, 6) is 0.645. The molecule has 1 aromatic heterocycles. The van der Waals surface area contributed by atoms with Crippen LogP contribution in [0.25, 0.3) is 0 Å². The molecule has 0 aliphatic rings. The molecule has 0 amide bonds. The van der Waals surface area contributed by atoms with Crippen molar-refractivity contribution in [2.45, 2.75) is 4.90 Å². The highest BCUT2D eigenvalue weighted by Crippen LogP contribution is 2.22. The fourth-order valence-electron chi connectivity index (χ4n) is 1.40. The van der Waals surface area contributed by atoms with E-state index in [0.717, 1.165) is 5.69 Å².